The van der Waals surface area contributed by atoms with E-state index in [1.54, 1.807) is 42.7 Å². The molecule has 1 aromatic carbocycles. The lowest BCUT2D eigenvalue weighted by Gasteiger charge is -2.09. The monoisotopic (exact) mass is 243 g/mol. The van der Waals surface area contributed by atoms with Crippen LogP contribution in [0.2, 0.25) is 0 Å². The van der Waals surface area contributed by atoms with E-state index in [0.717, 1.165) is 0 Å². The third-order valence-corrected chi connectivity index (χ3v) is 2.41. The number of hydrogen-bond donors (Lipinski definition) is 0. The van der Waals surface area contributed by atoms with Crippen molar-refractivity contribution < 1.29 is 14.3 Å². The van der Waals surface area contributed by atoms with Crippen molar-refractivity contribution in [1.29, 1.82) is 0 Å². The molecular weight excluding hydrogens is 230 g/mol. The molecule has 92 valence electrons. The van der Waals surface area contributed by atoms with Gasteiger partial charge in [-0.3, -0.25) is 9.78 Å². The molecule has 0 saturated carbocycles. The fourth-order valence-electron chi connectivity index (χ4n) is 1.56. The molecule has 0 atom stereocenters. The lowest BCUT2D eigenvalue weighted by atomic mass is 10.0. The molecule has 0 saturated heterocycles. The topological polar surface area (TPSA) is 48.4 Å². The second kappa shape index (κ2) is 5.93. The Morgan fingerprint density at radius 3 is 2.61 bits per heavy atom. The molecule has 2 aromatic rings. The molecule has 0 amide bonds. The number of pyridine rings is 1. The molecule has 0 aliphatic rings. The lowest BCUT2D eigenvalue weighted by molar-refractivity contribution is 0.0503. The Hall–Kier alpha value is -2.20. The van der Waals surface area contributed by atoms with Crippen molar-refractivity contribution >= 4 is 5.78 Å². The van der Waals surface area contributed by atoms with Gasteiger partial charge in [-0.2, -0.15) is 0 Å². The summed E-state index contributed by atoms with van der Waals surface area (Å²) in [7, 11) is 1.54. The number of ether oxygens (including phenoxy) is 2. The third-order valence-electron chi connectivity index (χ3n) is 2.41. The van der Waals surface area contributed by atoms with Gasteiger partial charge in [-0.1, -0.05) is 12.1 Å². The molecule has 0 unspecified atom stereocenters. The molecular formula is C14H13NO3. The highest BCUT2D eigenvalue weighted by atomic mass is 16.7. The molecule has 0 N–H and O–H groups in total. The van der Waals surface area contributed by atoms with Crippen molar-refractivity contribution in [2.45, 2.75) is 0 Å². The van der Waals surface area contributed by atoms with Crippen LogP contribution in [-0.2, 0) is 4.74 Å². The fourth-order valence-corrected chi connectivity index (χ4v) is 1.56. The van der Waals surface area contributed by atoms with Gasteiger partial charge in [0, 0.05) is 25.1 Å². The van der Waals surface area contributed by atoms with Gasteiger partial charge in [-0.15, -0.1) is 0 Å². The second-order valence-electron chi connectivity index (χ2n) is 3.61. The number of benzene rings is 1. The fraction of sp³-hybridized carbons (Fsp3) is 0.143. The van der Waals surface area contributed by atoms with Gasteiger partial charge in [0.05, 0.1) is 5.56 Å². The van der Waals surface area contributed by atoms with Crippen LogP contribution in [0.25, 0.3) is 0 Å². The van der Waals surface area contributed by atoms with Gasteiger partial charge >= 0.3 is 0 Å². The zero-order valence-electron chi connectivity index (χ0n) is 10.00. The van der Waals surface area contributed by atoms with E-state index in [1.807, 2.05) is 6.07 Å². The normalized spacial score (nSPS) is 10.1. The second-order valence-corrected chi connectivity index (χ2v) is 3.61. The maximum absolute atomic E-state index is 12.3. The van der Waals surface area contributed by atoms with Crippen molar-refractivity contribution in [3.8, 4) is 5.75 Å². The van der Waals surface area contributed by atoms with Crippen LogP contribution in [0.4, 0.5) is 0 Å². The van der Waals surface area contributed by atoms with Crippen LogP contribution in [-0.4, -0.2) is 24.7 Å². The highest BCUT2D eigenvalue weighted by Gasteiger charge is 2.13. The predicted molar refractivity (Wildman–Crippen MR) is 66.6 cm³/mol. The minimum absolute atomic E-state index is 0.0934. The Balaban J connectivity index is 2.30. The smallest absolute Gasteiger partial charge is 0.196 e. The minimum atomic E-state index is -0.0934. The van der Waals surface area contributed by atoms with Crippen LogP contribution in [0.1, 0.15) is 15.9 Å². The number of nitrogens with zero attached hydrogens (tertiary/aromatic N) is 1. The van der Waals surface area contributed by atoms with E-state index >= 15 is 0 Å². The first kappa shape index (κ1) is 12.3. The van der Waals surface area contributed by atoms with Gasteiger partial charge in [0.1, 0.15) is 5.75 Å². The summed E-state index contributed by atoms with van der Waals surface area (Å²) in [5.74, 6) is 0.422. The summed E-state index contributed by atoms with van der Waals surface area (Å²) >= 11 is 0. The van der Waals surface area contributed by atoms with E-state index < -0.39 is 0 Å². The number of methoxy groups -OCH3 is 1. The molecule has 2 rings (SSSR count). The van der Waals surface area contributed by atoms with E-state index in [0.29, 0.717) is 16.9 Å². The van der Waals surface area contributed by atoms with E-state index in [9.17, 15) is 4.79 Å². The molecule has 4 heteroatoms. The van der Waals surface area contributed by atoms with Gasteiger partial charge in [-0.25, -0.2) is 0 Å². The number of aromatic nitrogens is 1. The molecule has 0 aliphatic heterocycles. The highest BCUT2D eigenvalue weighted by Crippen LogP contribution is 2.21. The quantitative estimate of drug-likeness (QED) is 0.597. The highest BCUT2D eigenvalue weighted by molar-refractivity contribution is 6.10. The van der Waals surface area contributed by atoms with Crippen molar-refractivity contribution in [2.75, 3.05) is 13.9 Å². The summed E-state index contributed by atoms with van der Waals surface area (Å²) in [6.45, 7) is 0.112. The number of carbonyl (C=O) groups is 1. The zero-order valence-corrected chi connectivity index (χ0v) is 10.00. The molecule has 0 bridgehead atoms. The minimum Gasteiger partial charge on any atom is -0.467 e. The number of hydrogen-bond acceptors (Lipinski definition) is 4. The Bertz CT molecular complexity index is 526. The van der Waals surface area contributed by atoms with Gasteiger partial charge in [0.15, 0.2) is 12.6 Å². The van der Waals surface area contributed by atoms with Crippen LogP contribution in [0, 0.1) is 0 Å². The molecule has 1 aromatic heterocycles. The number of ketones is 1. The van der Waals surface area contributed by atoms with Crippen LogP contribution in [0.15, 0.2) is 48.8 Å². The van der Waals surface area contributed by atoms with Gasteiger partial charge in [-0.05, 0) is 24.3 Å². The van der Waals surface area contributed by atoms with E-state index in [-0.39, 0.29) is 12.6 Å². The molecule has 0 spiro atoms. The molecule has 1 heterocycles. The summed E-state index contributed by atoms with van der Waals surface area (Å²) in [6.07, 6.45) is 3.18. The van der Waals surface area contributed by atoms with Crippen LogP contribution in [0.5, 0.6) is 5.75 Å². The van der Waals surface area contributed by atoms with Crippen molar-refractivity contribution in [1.82, 2.24) is 4.98 Å². The van der Waals surface area contributed by atoms with Crippen LogP contribution in [0.3, 0.4) is 0 Å². The van der Waals surface area contributed by atoms with Crippen molar-refractivity contribution in [3.05, 3.63) is 59.9 Å². The summed E-state index contributed by atoms with van der Waals surface area (Å²) < 4.78 is 10.2. The number of para-hydroxylation sites is 1. The van der Waals surface area contributed by atoms with E-state index in [2.05, 4.69) is 4.98 Å². The molecule has 0 aliphatic carbocycles. The predicted octanol–water partition coefficient (Wildman–Crippen LogP) is 2.30. The van der Waals surface area contributed by atoms with E-state index in [4.69, 9.17) is 9.47 Å². The number of rotatable bonds is 5. The molecule has 18 heavy (non-hydrogen) atoms. The third kappa shape index (κ3) is 2.73. The summed E-state index contributed by atoms with van der Waals surface area (Å²) in [5.41, 5.74) is 1.10. The van der Waals surface area contributed by atoms with Crippen molar-refractivity contribution in [2.24, 2.45) is 0 Å². The maximum atomic E-state index is 12.3. The standard InChI is InChI=1S/C14H13NO3/c1-17-10-18-13-5-3-2-4-12(13)14(16)11-6-8-15-9-7-11/h2-9H,10H2,1H3. The first-order valence-corrected chi connectivity index (χ1v) is 5.48. The average Bonchev–Trinajstić information content (AvgIpc) is 2.45. The zero-order chi connectivity index (χ0) is 12.8. The molecule has 4 nitrogen and oxygen atoms in total. The Kier molecular flexibility index (Phi) is 4.04. The summed E-state index contributed by atoms with van der Waals surface area (Å²) in [6, 6.07) is 10.4. The average molecular weight is 243 g/mol. The first-order valence-electron chi connectivity index (χ1n) is 5.48. The summed E-state index contributed by atoms with van der Waals surface area (Å²) in [4.78, 5) is 16.2. The Morgan fingerprint density at radius 1 is 1.17 bits per heavy atom. The Labute approximate surface area is 105 Å². The molecule has 0 radical (unpaired) electrons. The van der Waals surface area contributed by atoms with Gasteiger partial charge in [0.25, 0.3) is 0 Å². The van der Waals surface area contributed by atoms with Crippen molar-refractivity contribution in [3.63, 3.8) is 0 Å². The first-order chi connectivity index (χ1) is 8.83. The van der Waals surface area contributed by atoms with E-state index in [1.165, 1.54) is 7.11 Å². The largest absolute Gasteiger partial charge is 0.467 e. The van der Waals surface area contributed by atoms with Crippen LogP contribution < -0.4 is 4.74 Å². The van der Waals surface area contributed by atoms with Crippen LogP contribution >= 0.6 is 0 Å². The molecule has 0 fully saturated rings. The SMILES string of the molecule is COCOc1ccccc1C(=O)c1ccncc1. The Morgan fingerprint density at radius 2 is 1.89 bits per heavy atom. The summed E-state index contributed by atoms with van der Waals surface area (Å²) in [5, 5.41) is 0. The van der Waals surface area contributed by atoms with Gasteiger partial charge in [0.2, 0.25) is 0 Å². The van der Waals surface area contributed by atoms with Gasteiger partial charge < -0.3 is 9.47 Å². The number of carbonyl (C=O) groups excluding carboxylic acids is 1. The maximum Gasteiger partial charge on any atom is 0.196 e. The lowest BCUT2D eigenvalue weighted by Crippen LogP contribution is -2.07.